The van der Waals surface area contributed by atoms with Gasteiger partial charge in [-0.25, -0.2) is 4.79 Å². The van der Waals surface area contributed by atoms with Gasteiger partial charge >= 0.3 is 5.97 Å². The number of aromatic nitrogens is 2. The number of nitrogens with one attached hydrogen (secondary N) is 3. The number of esters is 1. The lowest BCUT2D eigenvalue weighted by Crippen LogP contribution is -2.21. The van der Waals surface area contributed by atoms with Crippen LogP contribution in [0.5, 0.6) is 5.75 Å². The molecule has 0 fully saturated rings. The van der Waals surface area contributed by atoms with Crippen molar-refractivity contribution in [1.29, 1.82) is 0 Å². The molecule has 1 aromatic heterocycles. The third-order valence-corrected chi connectivity index (χ3v) is 4.59. The molecular weight excluding hydrogens is 468 g/mol. The summed E-state index contributed by atoms with van der Waals surface area (Å²) in [4.78, 5) is 35.7. The smallest absolute Gasteiger partial charge is 0.356 e. The molecule has 0 aliphatic carbocycles. The predicted molar refractivity (Wildman–Crippen MR) is 118 cm³/mol. The van der Waals surface area contributed by atoms with Crippen LogP contribution in [0.4, 0.5) is 11.4 Å². The molecule has 0 atom stereocenters. The zero-order valence-corrected chi connectivity index (χ0v) is 18.3. The third-order valence-electron chi connectivity index (χ3n) is 4.07. The van der Waals surface area contributed by atoms with Crippen molar-refractivity contribution in [2.24, 2.45) is 0 Å². The van der Waals surface area contributed by atoms with Gasteiger partial charge in [-0.1, -0.05) is 28.1 Å². The first kappa shape index (κ1) is 22.0. The number of H-pyrrole nitrogens is 1. The molecule has 3 rings (SSSR count). The predicted octanol–water partition coefficient (Wildman–Crippen LogP) is 3.60. The molecule has 10 heteroatoms. The number of carbonyl (C=O) groups is 3. The normalized spacial score (nSPS) is 10.3. The maximum Gasteiger partial charge on any atom is 0.356 e. The van der Waals surface area contributed by atoms with E-state index in [1.165, 1.54) is 14.0 Å². The van der Waals surface area contributed by atoms with Crippen molar-refractivity contribution in [2.45, 2.75) is 6.92 Å². The number of benzene rings is 2. The Morgan fingerprint density at radius 3 is 2.48 bits per heavy atom. The quantitative estimate of drug-likeness (QED) is 0.438. The number of carbonyl (C=O) groups excluding carboxylic acids is 3. The molecule has 2 amide bonds. The number of rotatable bonds is 7. The summed E-state index contributed by atoms with van der Waals surface area (Å²) in [6, 6.07) is 13.8. The number of hydrogen-bond acceptors (Lipinski definition) is 6. The molecule has 3 aromatic rings. The molecule has 2 aromatic carbocycles. The molecule has 3 N–H and O–H groups in total. The lowest BCUT2D eigenvalue weighted by Gasteiger charge is -2.12. The number of amides is 2. The fourth-order valence-electron chi connectivity index (χ4n) is 2.68. The van der Waals surface area contributed by atoms with Crippen LogP contribution in [0.25, 0.3) is 11.3 Å². The van der Waals surface area contributed by atoms with Gasteiger partial charge in [0.25, 0.3) is 5.91 Å². The van der Waals surface area contributed by atoms with Crippen LogP contribution in [0.3, 0.4) is 0 Å². The van der Waals surface area contributed by atoms with Gasteiger partial charge in [0.15, 0.2) is 6.61 Å². The second-order valence-corrected chi connectivity index (χ2v) is 7.31. The highest BCUT2D eigenvalue weighted by molar-refractivity contribution is 9.10. The number of ether oxygens (including phenoxy) is 2. The number of methoxy groups -OCH3 is 1. The maximum atomic E-state index is 12.2. The first-order valence-corrected chi connectivity index (χ1v) is 9.89. The van der Waals surface area contributed by atoms with E-state index in [0.717, 1.165) is 10.0 Å². The van der Waals surface area contributed by atoms with E-state index in [1.54, 1.807) is 24.3 Å². The molecule has 1 heterocycles. The van der Waals surface area contributed by atoms with E-state index in [9.17, 15) is 14.4 Å². The minimum atomic E-state index is -0.718. The molecule has 31 heavy (non-hydrogen) atoms. The molecule has 0 aliphatic heterocycles. The van der Waals surface area contributed by atoms with Crippen molar-refractivity contribution >= 4 is 45.1 Å². The number of halogens is 1. The van der Waals surface area contributed by atoms with Crippen molar-refractivity contribution in [1.82, 2.24) is 10.2 Å². The Balaban J connectivity index is 1.60. The summed E-state index contributed by atoms with van der Waals surface area (Å²) in [5, 5.41) is 11.9. The van der Waals surface area contributed by atoms with Crippen molar-refractivity contribution in [3.63, 3.8) is 0 Å². The van der Waals surface area contributed by atoms with E-state index in [1.807, 2.05) is 24.3 Å². The van der Waals surface area contributed by atoms with Crippen LogP contribution in [0.15, 0.2) is 53.0 Å². The average molecular weight is 487 g/mol. The minimum Gasteiger partial charge on any atom is -0.495 e. The van der Waals surface area contributed by atoms with Gasteiger partial charge in [0.05, 0.1) is 18.5 Å². The molecular formula is C21H19BrN4O5. The molecule has 0 aliphatic rings. The van der Waals surface area contributed by atoms with Gasteiger partial charge in [-0.05, 0) is 36.4 Å². The van der Waals surface area contributed by atoms with Crippen LogP contribution in [0, 0.1) is 0 Å². The van der Waals surface area contributed by atoms with E-state index in [0.29, 0.717) is 22.8 Å². The molecule has 0 unspecified atom stereocenters. The standard InChI is InChI=1S/C21H19BrN4O5/c1-12(27)23-15-7-8-19(30-2)17(9-15)24-20(28)11-31-21(29)18-10-16(25-26-18)13-3-5-14(22)6-4-13/h3-10H,11H2,1-2H3,(H,23,27)(H,24,28)(H,25,26). The first-order chi connectivity index (χ1) is 14.9. The van der Waals surface area contributed by atoms with E-state index >= 15 is 0 Å². The number of anilines is 2. The molecule has 9 nitrogen and oxygen atoms in total. The van der Waals surface area contributed by atoms with Crippen LogP contribution < -0.4 is 15.4 Å². The van der Waals surface area contributed by atoms with E-state index in [-0.39, 0.29) is 11.6 Å². The molecule has 0 bridgehead atoms. The highest BCUT2D eigenvalue weighted by atomic mass is 79.9. The lowest BCUT2D eigenvalue weighted by atomic mass is 10.1. The maximum absolute atomic E-state index is 12.2. The van der Waals surface area contributed by atoms with E-state index in [4.69, 9.17) is 9.47 Å². The molecule has 160 valence electrons. The number of nitrogens with zero attached hydrogens (tertiary/aromatic N) is 1. The molecule has 0 saturated carbocycles. The SMILES string of the molecule is COc1ccc(NC(C)=O)cc1NC(=O)COC(=O)c1cc(-c2ccc(Br)cc2)n[nH]1. The fraction of sp³-hybridized carbons (Fsp3) is 0.143. The zero-order valence-electron chi connectivity index (χ0n) is 16.7. The summed E-state index contributed by atoms with van der Waals surface area (Å²) in [5.41, 5.74) is 2.33. The Kier molecular flexibility index (Phi) is 7.03. The second-order valence-electron chi connectivity index (χ2n) is 6.39. The molecule has 0 saturated heterocycles. The summed E-state index contributed by atoms with van der Waals surface area (Å²) in [5.74, 6) is -1.15. The van der Waals surface area contributed by atoms with Crippen LogP contribution >= 0.6 is 15.9 Å². The third kappa shape index (κ3) is 5.92. The van der Waals surface area contributed by atoms with Gasteiger partial charge in [0.2, 0.25) is 5.91 Å². The van der Waals surface area contributed by atoms with E-state index in [2.05, 4.69) is 36.8 Å². The average Bonchev–Trinajstić information content (AvgIpc) is 3.23. The summed E-state index contributed by atoms with van der Waals surface area (Å²) >= 11 is 3.36. The summed E-state index contributed by atoms with van der Waals surface area (Å²) in [6.07, 6.45) is 0. The van der Waals surface area contributed by atoms with Gasteiger partial charge in [0.1, 0.15) is 11.4 Å². The van der Waals surface area contributed by atoms with Gasteiger partial charge < -0.3 is 20.1 Å². The number of aromatic amines is 1. The van der Waals surface area contributed by atoms with Crippen molar-refractivity contribution in [2.75, 3.05) is 24.4 Å². The highest BCUT2D eigenvalue weighted by Crippen LogP contribution is 2.28. The monoisotopic (exact) mass is 486 g/mol. The van der Waals surface area contributed by atoms with E-state index < -0.39 is 18.5 Å². The largest absolute Gasteiger partial charge is 0.495 e. The Morgan fingerprint density at radius 1 is 1.06 bits per heavy atom. The minimum absolute atomic E-state index is 0.121. The first-order valence-electron chi connectivity index (χ1n) is 9.09. The Morgan fingerprint density at radius 2 is 1.81 bits per heavy atom. The summed E-state index contributed by atoms with van der Waals surface area (Å²) < 4.78 is 11.2. The molecule has 0 radical (unpaired) electrons. The van der Waals surface area contributed by atoms with Crippen LogP contribution in [0.2, 0.25) is 0 Å². The Bertz CT molecular complexity index is 1110. The topological polar surface area (TPSA) is 122 Å². The van der Waals surface area contributed by atoms with Gasteiger partial charge in [-0.15, -0.1) is 0 Å². The number of hydrogen-bond donors (Lipinski definition) is 3. The van der Waals surface area contributed by atoms with Crippen LogP contribution in [-0.4, -0.2) is 41.7 Å². The van der Waals surface area contributed by atoms with Crippen LogP contribution in [-0.2, 0) is 14.3 Å². The zero-order chi connectivity index (χ0) is 22.4. The Hall–Kier alpha value is -3.66. The summed E-state index contributed by atoms with van der Waals surface area (Å²) in [6.45, 7) is 0.860. The highest BCUT2D eigenvalue weighted by Gasteiger charge is 2.15. The Labute approximate surface area is 186 Å². The molecule has 0 spiro atoms. The van der Waals surface area contributed by atoms with Crippen LogP contribution in [0.1, 0.15) is 17.4 Å². The van der Waals surface area contributed by atoms with Gasteiger partial charge in [-0.3, -0.25) is 14.7 Å². The van der Waals surface area contributed by atoms with Crippen molar-refractivity contribution in [3.05, 3.63) is 58.7 Å². The van der Waals surface area contributed by atoms with Crippen molar-refractivity contribution in [3.8, 4) is 17.0 Å². The second kappa shape index (κ2) is 9.90. The van der Waals surface area contributed by atoms with Gasteiger partial charge in [0, 0.05) is 22.6 Å². The summed E-state index contributed by atoms with van der Waals surface area (Å²) in [7, 11) is 1.45. The fourth-order valence-corrected chi connectivity index (χ4v) is 2.94. The van der Waals surface area contributed by atoms with Crippen molar-refractivity contribution < 1.29 is 23.9 Å². The van der Waals surface area contributed by atoms with Gasteiger partial charge in [-0.2, -0.15) is 5.10 Å². The lowest BCUT2D eigenvalue weighted by molar-refractivity contribution is -0.119.